The van der Waals surface area contributed by atoms with Gasteiger partial charge in [-0.05, 0) is 11.6 Å². The number of carbonyl (C=O) groups is 3. The number of rotatable bonds is 10. The lowest BCUT2D eigenvalue weighted by atomic mass is 10.0. The van der Waals surface area contributed by atoms with E-state index in [-0.39, 0.29) is 33.4 Å². The Hall–Kier alpha value is -3.80. The molecule has 220 valence electrons. The molecule has 42 heavy (non-hydrogen) atoms. The number of oxime groups is 1. The lowest BCUT2D eigenvalue weighted by Crippen LogP contribution is -2.71. The molecule has 13 nitrogen and oxygen atoms in total. The maximum Gasteiger partial charge on any atom is 0.352 e. The summed E-state index contributed by atoms with van der Waals surface area (Å²) >= 11 is 5.12. The Morgan fingerprint density at radius 1 is 1.21 bits per heavy atom. The minimum absolute atomic E-state index is 0.126. The molecule has 3 aromatic rings. The number of nitrogens with zero attached hydrogens (tertiary/aromatic N) is 3. The predicted octanol–water partition coefficient (Wildman–Crippen LogP) is 2.20. The van der Waals surface area contributed by atoms with Crippen molar-refractivity contribution in [3.05, 3.63) is 50.8 Å². The van der Waals surface area contributed by atoms with Crippen molar-refractivity contribution in [2.45, 2.75) is 15.6 Å². The summed E-state index contributed by atoms with van der Waals surface area (Å²) in [5.74, 6) is -1.03. The van der Waals surface area contributed by atoms with E-state index in [4.69, 9.17) is 20.0 Å². The van der Waals surface area contributed by atoms with Gasteiger partial charge in [-0.3, -0.25) is 19.3 Å². The van der Waals surface area contributed by atoms with Gasteiger partial charge in [-0.1, -0.05) is 5.16 Å². The van der Waals surface area contributed by atoms with Crippen LogP contribution >= 0.6 is 46.2 Å². The minimum Gasteiger partial charge on any atom is -0.493 e. The summed E-state index contributed by atoms with van der Waals surface area (Å²) in [4.78, 5) is 61.2. The number of nitrogens with one attached hydrogen (secondary N) is 1. The highest BCUT2D eigenvalue weighted by molar-refractivity contribution is 8.02. The summed E-state index contributed by atoms with van der Waals surface area (Å²) in [6.45, 7) is 0. The number of carbonyl (C=O) groups excluding carboxylic acids is 2. The summed E-state index contributed by atoms with van der Waals surface area (Å²) in [5, 5.41) is 18.0. The highest BCUT2D eigenvalue weighted by atomic mass is 32.2. The molecule has 4 N–H and O–H groups in total. The molecule has 2 aromatic heterocycles. The van der Waals surface area contributed by atoms with E-state index in [2.05, 4.69) is 15.5 Å². The number of benzene rings is 1. The van der Waals surface area contributed by atoms with Crippen LogP contribution in [0.5, 0.6) is 11.5 Å². The van der Waals surface area contributed by atoms with Gasteiger partial charge >= 0.3 is 5.97 Å². The van der Waals surface area contributed by atoms with E-state index < -0.39 is 29.2 Å². The van der Waals surface area contributed by atoms with Crippen LogP contribution in [0, 0.1) is 0 Å². The molecule has 4 heterocycles. The zero-order valence-corrected chi connectivity index (χ0v) is 25.5. The van der Waals surface area contributed by atoms with Crippen molar-refractivity contribution < 1.29 is 33.8 Å². The van der Waals surface area contributed by atoms with E-state index in [9.17, 15) is 24.3 Å². The van der Waals surface area contributed by atoms with Crippen LogP contribution in [0.2, 0.25) is 0 Å². The molecular weight excluding hydrogens is 627 g/mol. The van der Waals surface area contributed by atoms with Crippen molar-refractivity contribution in [3.63, 3.8) is 0 Å². The average molecular weight is 650 g/mol. The normalized spacial score (nSPS) is 18.4. The van der Waals surface area contributed by atoms with Gasteiger partial charge in [0.2, 0.25) is 0 Å². The molecule has 2 atom stereocenters. The molecule has 1 saturated heterocycles. The number of fused-ring (bicyclic) bond motifs is 2. The molecule has 0 bridgehead atoms. The smallest absolute Gasteiger partial charge is 0.352 e. The molecule has 0 radical (unpaired) electrons. The number of amides is 2. The maximum absolute atomic E-state index is 13.1. The van der Waals surface area contributed by atoms with E-state index >= 15 is 0 Å². The first-order valence-corrected chi connectivity index (χ1v) is 15.8. The molecule has 5 rings (SSSR count). The molecule has 17 heteroatoms. The quantitative estimate of drug-likeness (QED) is 0.126. The third kappa shape index (κ3) is 5.51. The Morgan fingerprint density at radius 2 is 1.95 bits per heavy atom. The van der Waals surface area contributed by atoms with Crippen molar-refractivity contribution >= 4 is 84.9 Å². The number of hydrogen-bond donors (Lipinski definition) is 3. The van der Waals surface area contributed by atoms with Gasteiger partial charge < -0.3 is 30.5 Å². The van der Waals surface area contributed by atoms with Gasteiger partial charge in [0.15, 0.2) is 27.8 Å². The zero-order chi connectivity index (χ0) is 30.1. The molecule has 0 spiro atoms. The molecule has 0 saturated carbocycles. The fraction of sp³-hybridized carbons (Fsp3) is 0.280. The Bertz CT molecular complexity index is 1720. The van der Waals surface area contributed by atoms with Crippen molar-refractivity contribution in [1.29, 1.82) is 0 Å². The van der Waals surface area contributed by atoms with Crippen LogP contribution in [0.3, 0.4) is 0 Å². The standard InChI is InChI=1S/C25H23N5O8S4/c1-36-14-4-11-13(31)5-17(42-16(11)6-15(14)37-2)39-7-10-8-40-23-19(22(33)30(23)20(10)24(34)35)28-21(32)18(29-38-3)12-9-41-25(26)27-12/h4-6,9,19,23H,7-8H2,1-3H3,(H2,26,27)(H,28,32)(H,34,35)/t19-,23+/m1/s1. The first kappa shape index (κ1) is 29.7. The van der Waals surface area contributed by atoms with Gasteiger partial charge in [-0.25, -0.2) is 9.78 Å². The molecule has 1 aromatic carbocycles. The lowest BCUT2D eigenvalue weighted by Gasteiger charge is -2.49. The van der Waals surface area contributed by atoms with Gasteiger partial charge in [0.05, 0.1) is 18.4 Å². The first-order chi connectivity index (χ1) is 20.2. The maximum atomic E-state index is 13.1. The van der Waals surface area contributed by atoms with Crippen molar-refractivity contribution in [2.75, 3.05) is 38.6 Å². The number of anilines is 1. The van der Waals surface area contributed by atoms with Crippen LogP contribution < -0.4 is 26.0 Å². The van der Waals surface area contributed by atoms with E-state index in [1.807, 2.05) is 0 Å². The van der Waals surface area contributed by atoms with Crippen molar-refractivity contribution in [2.24, 2.45) is 5.16 Å². The molecule has 2 aliphatic heterocycles. The number of thioether (sulfide) groups is 2. The van der Waals surface area contributed by atoms with Crippen LogP contribution in [-0.2, 0) is 19.2 Å². The number of aliphatic carboxylic acids is 1. The summed E-state index contributed by atoms with van der Waals surface area (Å²) in [7, 11) is 4.27. The summed E-state index contributed by atoms with van der Waals surface area (Å²) in [6.07, 6.45) is 0. The lowest BCUT2D eigenvalue weighted by molar-refractivity contribution is -0.150. The molecule has 2 aliphatic rings. The van der Waals surface area contributed by atoms with Crippen LogP contribution in [0.1, 0.15) is 5.69 Å². The Kier molecular flexibility index (Phi) is 8.63. The van der Waals surface area contributed by atoms with E-state index in [0.717, 1.165) is 11.3 Å². The fourth-order valence-corrected chi connectivity index (χ4v) is 8.65. The minimum atomic E-state index is -1.25. The van der Waals surface area contributed by atoms with Gasteiger partial charge in [0.1, 0.15) is 29.9 Å². The number of hydrogen-bond acceptors (Lipinski definition) is 14. The molecule has 2 amide bonds. The second-order valence-electron chi connectivity index (χ2n) is 8.73. The number of aromatic nitrogens is 1. The van der Waals surface area contributed by atoms with Crippen LogP contribution in [0.4, 0.5) is 5.13 Å². The molecular formula is C25H23N5O8S4. The van der Waals surface area contributed by atoms with E-state index in [1.54, 1.807) is 12.1 Å². The Morgan fingerprint density at radius 3 is 2.60 bits per heavy atom. The zero-order valence-electron chi connectivity index (χ0n) is 22.2. The van der Waals surface area contributed by atoms with Crippen LogP contribution in [-0.4, -0.2) is 82.7 Å². The van der Waals surface area contributed by atoms with E-state index in [1.165, 1.54) is 72.5 Å². The highest BCUT2D eigenvalue weighted by Gasteiger charge is 2.54. The Balaban J connectivity index is 1.33. The molecule has 0 unspecified atom stereocenters. The number of methoxy groups -OCH3 is 2. The molecule has 1 fully saturated rings. The number of ether oxygens (including phenoxy) is 2. The first-order valence-electron chi connectivity index (χ1n) is 12.0. The number of nitrogens with two attached hydrogens (primary N) is 1. The van der Waals surface area contributed by atoms with Crippen LogP contribution in [0.25, 0.3) is 10.1 Å². The third-order valence-electron chi connectivity index (χ3n) is 6.30. The van der Waals surface area contributed by atoms with Gasteiger partial charge in [0.25, 0.3) is 11.8 Å². The number of carboxylic acid groups (broad SMARTS) is 1. The number of carboxylic acids is 1. The van der Waals surface area contributed by atoms with Gasteiger partial charge in [0, 0.05) is 39.1 Å². The average Bonchev–Trinajstić information content (AvgIpc) is 3.41. The van der Waals surface area contributed by atoms with Crippen molar-refractivity contribution in [1.82, 2.24) is 15.2 Å². The SMILES string of the molecule is CON=C(C(=O)N[C@@H]1C(=O)N2C(C(=O)O)=C(CSc3cc(=O)c4cc(OC)c(OC)cc4s3)CS[C@@H]12)c1csc(N)n1. The highest BCUT2D eigenvalue weighted by Crippen LogP contribution is 2.42. The number of nitrogen functional groups attached to an aromatic ring is 1. The second-order valence-corrected chi connectivity index (χ2v) is 13.1. The summed E-state index contributed by atoms with van der Waals surface area (Å²) in [5.41, 5.74) is 5.89. The van der Waals surface area contributed by atoms with Crippen molar-refractivity contribution in [3.8, 4) is 11.5 Å². The van der Waals surface area contributed by atoms with Gasteiger partial charge in [-0.15, -0.1) is 46.2 Å². The van der Waals surface area contributed by atoms with E-state index in [0.29, 0.717) is 37.1 Å². The Labute approximate surface area is 254 Å². The van der Waals surface area contributed by atoms with Gasteiger partial charge in [-0.2, -0.15) is 0 Å². The fourth-order valence-electron chi connectivity index (χ4n) is 4.39. The van der Waals surface area contributed by atoms with Crippen LogP contribution in [0.15, 0.2) is 49.0 Å². The topological polar surface area (TPSA) is 183 Å². The number of thiazole rings is 1. The monoisotopic (exact) mass is 649 g/mol. The predicted molar refractivity (Wildman–Crippen MR) is 162 cm³/mol. The summed E-state index contributed by atoms with van der Waals surface area (Å²) < 4.78 is 12.0. The largest absolute Gasteiger partial charge is 0.493 e. The number of β-lactam (4-membered cyclic amide) rings is 1. The third-order valence-corrected chi connectivity index (χ3v) is 10.7. The summed E-state index contributed by atoms with van der Waals surface area (Å²) in [6, 6.07) is 3.89. The molecule has 0 aliphatic carbocycles. The second kappa shape index (κ2) is 12.2.